The highest BCUT2D eigenvalue weighted by Crippen LogP contribution is 2.39. The van der Waals surface area contributed by atoms with E-state index >= 15 is 0 Å². The van der Waals surface area contributed by atoms with Gasteiger partial charge in [0.15, 0.2) is 6.10 Å². The fourth-order valence-electron chi connectivity index (χ4n) is 3.78. The summed E-state index contributed by atoms with van der Waals surface area (Å²) >= 11 is 1.53. The van der Waals surface area contributed by atoms with Crippen LogP contribution in [0.4, 0.5) is 5.00 Å². The molecule has 2 aromatic carbocycles. The Labute approximate surface area is 181 Å². The van der Waals surface area contributed by atoms with Gasteiger partial charge < -0.3 is 10.1 Å². The average Bonchev–Trinajstić information content (AvgIpc) is 3.10. The van der Waals surface area contributed by atoms with Crippen molar-refractivity contribution in [1.82, 2.24) is 0 Å². The highest BCUT2D eigenvalue weighted by atomic mass is 32.1. The number of carbonyl (C=O) groups excluding carboxylic acids is 1. The summed E-state index contributed by atoms with van der Waals surface area (Å²) in [5, 5.41) is 13.2. The summed E-state index contributed by atoms with van der Waals surface area (Å²) in [7, 11) is 0. The van der Waals surface area contributed by atoms with Crippen LogP contribution in [0.3, 0.4) is 0 Å². The normalized spacial score (nSPS) is 16.2. The quantitative estimate of drug-likeness (QED) is 0.570. The van der Waals surface area contributed by atoms with Gasteiger partial charge in [-0.05, 0) is 60.9 Å². The predicted molar refractivity (Wildman–Crippen MR) is 121 cm³/mol. The van der Waals surface area contributed by atoms with Crippen molar-refractivity contribution in [3.05, 3.63) is 70.6 Å². The second kappa shape index (κ2) is 8.73. The number of rotatable bonds is 5. The fourth-order valence-corrected chi connectivity index (χ4v) is 5.15. The van der Waals surface area contributed by atoms with Gasteiger partial charge in [-0.3, -0.25) is 4.79 Å². The van der Waals surface area contributed by atoms with Crippen LogP contribution in [0.2, 0.25) is 0 Å². The molecule has 0 radical (unpaired) electrons. The van der Waals surface area contributed by atoms with Gasteiger partial charge in [-0.2, -0.15) is 5.26 Å². The predicted octanol–water partition coefficient (Wildman–Crippen LogP) is 5.82. The lowest BCUT2D eigenvalue weighted by Crippen LogP contribution is -2.30. The molecule has 5 heteroatoms. The van der Waals surface area contributed by atoms with Crippen LogP contribution in [0.15, 0.2) is 54.6 Å². The van der Waals surface area contributed by atoms with Crippen molar-refractivity contribution in [2.45, 2.75) is 39.2 Å². The second-order valence-electron chi connectivity index (χ2n) is 7.81. The van der Waals surface area contributed by atoms with Crippen LogP contribution in [0, 0.1) is 17.2 Å². The van der Waals surface area contributed by atoms with Crippen LogP contribution in [0.25, 0.3) is 11.1 Å². The Morgan fingerprint density at radius 3 is 2.57 bits per heavy atom. The highest BCUT2D eigenvalue weighted by Gasteiger charge is 2.26. The Bertz CT molecular complexity index is 1080. The van der Waals surface area contributed by atoms with Gasteiger partial charge in [0.25, 0.3) is 5.91 Å². The number of hydrogen-bond donors (Lipinski definition) is 1. The van der Waals surface area contributed by atoms with Gasteiger partial charge in [-0.1, -0.05) is 49.4 Å². The summed E-state index contributed by atoms with van der Waals surface area (Å²) < 4.78 is 5.84. The molecule has 2 unspecified atom stereocenters. The van der Waals surface area contributed by atoms with Gasteiger partial charge >= 0.3 is 0 Å². The summed E-state index contributed by atoms with van der Waals surface area (Å²) in [5.74, 6) is 1.01. The van der Waals surface area contributed by atoms with Crippen LogP contribution in [0.1, 0.15) is 36.3 Å². The summed E-state index contributed by atoms with van der Waals surface area (Å²) in [6, 6.07) is 20.1. The van der Waals surface area contributed by atoms with Crippen molar-refractivity contribution < 1.29 is 9.53 Å². The second-order valence-corrected chi connectivity index (χ2v) is 8.91. The molecule has 1 amide bonds. The van der Waals surface area contributed by atoms with Crippen LogP contribution in [-0.4, -0.2) is 12.0 Å². The van der Waals surface area contributed by atoms with Crippen molar-refractivity contribution in [3.63, 3.8) is 0 Å². The van der Waals surface area contributed by atoms with Crippen molar-refractivity contribution in [3.8, 4) is 22.9 Å². The van der Waals surface area contributed by atoms with Gasteiger partial charge in [-0.15, -0.1) is 11.3 Å². The standard InChI is InChI=1S/C25H24N2O2S/c1-16-8-13-21-22(15-26)25(30-23(21)14-16)27-24(28)17(2)29-20-11-9-19(10-12-20)18-6-4-3-5-7-18/h3-7,9-12,16-17H,8,13-14H2,1-2H3,(H,27,28). The summed E-state index contributed by atoms with van der Waals surface area (Å²) in [4.78, 5) is 13.9. The van der Waals surface area contributed by atoms with Gasteiger partial charge in [0.1, 0.15) is 16.8 Å². The molecule has 1 aromatic heterocycles. The smallest absolute Gasteiger partial charge is 0.265 e. The van der Waals surface area contributed by atoms with Crippen LogP contribution >= 0.6 is 11.3 Å². The molecule has 30 heavy (non-hydrogen) atoms. The number of amides is 1. The van der Waals surface area contributed by atoms with Gasteiger partial charge in [0, 0.05) is 4.88 Å². The number of nitriles is 1. The number of nitrogens with one attached hydrogen (secondary N) is 1. The Hall–Kier alpha value is -3.10. The Kier molecular flexibility index (Phi) is 5.87. The molecule has 4 nitrogen and oxygen atoms in total. The van der Waals surface area contributed by atoms with E-state index in [4.69, 9.17) is 4.74 Å². The minimum Gasteiger partial charge on any atom is -0.481 e. The van der Waals surface area contributed by atoms with E-state index in [1.165, 1.54) is 16.2 Å². The molecule has 1 heterocycles. The van der Waals surface area contributed by atoms with Crippen LogP contribution < -0.4 is 10.1 Å². The van der Waals surface area contributed by atoms with Gasteiger partial charge in [0.05, 0.1) is 5.56 Å². The summed E-state index contributed by atoms with van der Waals surface area (Å²) in [6.45, 7) is 3.95. The van der Waals surface area contributed by atoms with Gasteiger partial charge in [-0.25, -0.2) is 0 Å². The molecule has 0 saturated carbocycles. The molecule has 3 aromatic rings. The van der Waals surface area contributed by atoms with Crippen molar-refractivity contribution in [1.29, 1.82) is 5.26 Å². The highest BCUT2D eigenvalue weighted by molar-refractivity contribution is 7.16. The third-order valence-electron chi connectivity index (χ3n) is 5.50. The average molecular weight is 417 g/mol. The number of fused-ring (bicyclic) bond motifs is 1. The Morgan fingerprint density at radius 1 is 1.17 bits per heavy atom. The molecule has 0 saturated heterocycles. The molecule has 2 atom stereocenters. The SMILES string of the molecule is CC1CCc2c(sc(NC(=O)C(C)Oc3ccc(-c4ccccc4)cc3)c2C#N)C1. The lowest BCUT2D eigenvalue weighted by atomic mass is 9.88. The minimum atomic E-state index is -0.669. The number of nitrogens with zero attached hydrogens (tertiary/aromatic N) is 1. The van der Waals surface area contributed by atoms with Crippen molar-refractivity contribution in [2.75, 3.05) is 5.32 Å². The zero-order valence-corrected chi connectivity index (χ0v) is 18.0. The molecule has 4 rings (SSSR count). The van der Waals surface area contributed by atoms with E-state index < -0.39 is 6.10 Å². The molecular formula is C25H24N2O2S. The maximum absolute atomic E-state index is 12.7. The third kappa shape index (κ3) is 4.24. The Balaban J connectivity index is 1.43. The largest absolute Gasteiger partial charge is 0.481 e. The number of anilines is 1. The number of hydrogen-bond acceptors (Lipinski definition) is 4. The molecule has 1 aliphatic rings. The van der Waals surface area contributed by atoms with E-state index in [2.05, 4.69) is 30.4 Å². The topological polar surface area (TPSA) is 62.1 Å². The molecule has 0 bridgehead atoms. The third-order valence-corrected chi connectivity index (χ3v) is 6.67. The molecular weight excluding hydrogens is 392 g/mol. The van der Waals surface area contributed by atoms with E-state index in [0.717, 1.165) is 36.0 Å². The first kappa shape index (κ1) is 20.2. The van der Waals surface area contributed by atoms with E-state index in [-0.39, 0.29) is 5.91 Å². The molecule has 0 spiro atoms. The van der Waals surface area contributed by atoms with E-state index in [1.807, 2.05) is 42.5 Å². The molecule has 152 valence electrons. The summed E-state index contributed by atoms with van der Waals surface area (Å²) in [5.41, 5.74) is 3.96. The van der Waals surface area contributed by atoms with Crippen LogP contribution in [0.5, 0.6) is 5.75 Å². The number of thiophene rings is 1. The maximum Gasteiger partial charge on any atom is 0.265 e. The Morgan fingerprint density at radius 2 is 1.87 bits per heavy atom. The monoisotopic (exact) mass is 416 g/mol. The zero-order chi connectivity index (χ0) is 21.1. The molecule has 1 aliphatic carbocycles. The number of carbonyl (C=O) groups is 1. The first-order chi connectivity index (χ1) is 14.5. The summed E-state index contributed by atoms with van der Waals surface area (Å²) in [6.07, 6.45) is 2.30. The fraction of sp³-hybridized carbons (Fsp3) is 0.280. The molecule has 0 aliphatic heterocycles. The van der Waals surface area contributed by atoms with E-state index in [1.54, 1.807) is 6.92 Å². The van der Waals surface area contributed by atoms with E-state index in [0.29, 0.717) is 22.2 Å². The van der Waals surface area contributed by atoms with E-state index in [9.17, 15) is 10.1 Å². The molecule has 0 fully saturated rings. The maximum atomic E-state index is 12.7. The number of benzene rings is 2. The first-order valence-electron chi connectivity index (χ1n) is 10.2. The minimum absolute atomic E-state index is 0.245. The zero-order valence-electron chi connectivity index (χ0n) is 17.1. The van der Waals surface area contributed by atoms with Crippen molar-refractivity contribution in [2.24, 2.45) is 5.92 Å². The lowest BCUT2D eigenvalue weighted by molar-refractivity contribution is -0.122. The van der Waals surface area contributed by atoms with Gasteiger partial charge in [0.2, 0.25) is 0 Å². The first-order valence-corrected chi connectivity index (χ1v) is 11.0. The number of ether oxygens (including phenoxy) is 1. The lowest BCUT2D eigenvalue weighted by Gasteiger charge is -2.17. The van der Waals surface area contributed by atoms with Crippen LogP contribution in [-0.2, 0) is 17.6 Å². The van der Waals surface area contributed by atoms with Crippen molar-refractivity contribution >= 4 is 22.2 Å². The molecule has 1 N–H and O–H groups in total.